The highest BCUT2D eigenvalue weighted by atomic mass is 16.1. The van der Waals surface area contributed by atoms with Crippen LogP contribution in [0.5, 0.6) is 0 Å². The third kappa shape index (κ3) is 0.550. The Morgan fingerprint density at radius 1 is 1.00 bits per heavy atom. The molecular formula is C10H10O. The molecule has 11 heavy (non-hydrogen) atoms. The van der Waals surface area contributed by atoms with Crippen LogP contribution in [0.4, 0.5) is 0 Å². The molecule has 1 saturated carbocycles. The largest absolute Gasteiger partial charge is 0.303 e. The van der Waals surface area contributed by atoms with Crippen LogP contribution >= 0.6 is 0 Å². The molecule has 0 saturated heterocycles. The summed E-state index contributed by atoms with van der Waals surface area (Å²) in [4.78, 5) is 10.7. The molecule has 1 fully saturated rings. The van der Waals surface area contributed by atoms with Crippen molar-refractivity contribution >= 4 is 6.29 Å². The molecule has 0 radical (unpaired) electrons. The van der Waals surface area contributed by atoms with E-state index in [0.29, 0.717) is 29.6 Å². The number of allylic oxidation sites excluding steroid dienone is 4. The van der Waals surface area contributed by atoms with E-state index in [4.69, 9.17) is 0 Å². The number of carbonyl (C=O) groups excluding carboxylic acids is 1. The lowest BCUT2D eigenvalue weighted by molar-refractivity contribution is -0.112. The van der Waals surface area contributed by atoms with Crippen LogP contribution in [0.25, 0.3) is 0 Å². The Morgan fingerprint density at radius 2 is 1.64 bits per heavy atom. The lowest BCUT2D eigenvalue weighted by Crippen LogP contribution is -2.20. The minimum absolute atomic E-state index is 0.306. The fourth-order valence-corrected chi connectivity index (χ4v) is 2.68. The Labute approximate surface area is 65.8 Å². The van der Waals surface area contributed by atoms with Crippen molar-refractivity contribution in [3.8, 4) is 0 Å². The van der Waals surface area contributed by atoms with Crippen molar-refractivity contribution in [3.63, 3.8) is 0 Å². The van der Waals surface area contributed by atoms with Gasteiger partial charge in [-0.05, 0) is 17.8 Å². The van der Waals surface area contributed by atoms with Crippen molar-refractivity contribution in [2.45, 2.75) is 0 Å². The molecule has 0 aromatic rings. The molecule has 5 atom stereocenters. The standard InChI is InChI=1S/C10H10O/c11-5-9-6-1-3-7-8(4-2-6)10(7)9/h1-10H/t6?,7-,8?,9?,10?/m0/s1. The third-order valence-corrected chi connectivity index (χ3v) is 3.35. The summed E-state index contributed by atoms with van der Waals surface area (Å²) in [7, 11) is 0. The molecule has 1 heteroatoms. The van der Waals surface area contributed by atoms with Crippen molar-refractivity contribution in [3.05, 3.63) is 24.3 Å². The number of aldehydes is 1. The van der Waals surface area contributed by atoms with Gasteiger partial charge >= 0.3 is 0 Å². The van der Waals surface area contributed by atoms with Gasteiger partial charge < -0.3 is 4.79 Å². The lowest BCUT2D eigenvalue weighted by atomic mass is 9.82. The van der Waals surface area contributed by atoms with E-state index in [0.717, 1.165) is 6.29 Å². The maximum atomic E-state index is 10.7. The van der Waals surface area contributed by atoms with Crippen LogP contribution in [0.1, 0.15) is 0 Å². The van der Waals surface area contributed by atoms with Gasteiger partial charge in [-0.15, -0.1) is 0 Å². The van der Waals surface area contributed by atoms with E-state index in [-0.39, 0.29) is 0 Å². The molecule has 0 N–H and O–H groups in total. The van der Waals surface area contributed by atoms with Crippen LogP contribution in [-0.2, 0) is 4.79 Å². The van der Waals surface area contributed by atoms with E-state index in [1.165, 1.54) is 0 Å². The Bertz CT molecular complexity index is 244. The van der Waals surface area contributed by atoms with Crippen molar-refractivity contribution in [2.75, 3.05) is 0 Å². The predicted molar refractivity (Wildman–Crippen MR) is 41.8 cm³/mol. The van der Waals surface area contributed by atoms with E-state index in [1.54, 1.807) is 0 Å². The summed E-state index contributed by atoms with van der Waals surface area (Å²) in [6, 6.07) is 0. The predicted octanol–water partition coefficient (Wildman–Crippen LogP) is 1.42. The second-order valence-electron chi connectivity index (χ2n) is 3.79. The summed E-state index contributed by atoms with van der Waals surface area (Å²) in [5.74, 6) is 2.82. The van der Waals surface area contributed by atoms with Gasteiger partial charge in [0.2, 0.25) is 0 Å². The molecule has 3 aliphatic carbocycles. The fraction of sp³-hybridized carbons (Fsp3) is 0.500. The zero-order valence-electron chi connectivity index (χ0n) is 6.18. The molecule has 3 rings (SSSR count). The summed E-state index contributed by atoms with van der Waals surface area (Å²) in [6.07, 6.45) is 10.1. The normalized spacial score (nSPS) is 55.8. The van der Waals surface area contributed by atoms with Gasteiger partial charge in [-0.3, -0.25) is 0 Å². The van der Waals surface area contributed by atoms with Crippen LogP contribution in [0.2, 0.25) is 0 Å². The summed E-state index contributed by atoms with van der Waals surface area (Å²) < 4.78 is 0. The highest BCUT2D eigenvalue weighted by molar-refractivity contribution is 5.60. The monoisotopic (exact) mass is 146 g/mol. The zero-order valence-corrected chi connectivity index (χ0v) is 6.18. The van der Waals surface area contributed by atoms with Gasteiger partial charge in [-0.25, -0.2) is 0 Å². The molecule has 0 aromatic heterocycles. The molecule has 0 aliphatic heterocycles. The van der Waals surface area contributed by atoms with Gasteiger partial charge in [0, 0.05) is 11.8 Å². The second kappa shape index (κ2) is 1.66. The molecule has 56 valence electrons. The summed E-state index contributed by atoms with van der Waals surface area (Å²) in [5, 5.41) is 0. The van der Waals surface area contributed by atoms with Crippen LogP contribution in [-0.4, -0.2) is 6.29 Å². The maximum absolute atomic E-state index is 10.7. The third-order valence-electron chi connectivity index (χ3n) is 3.35. The number of rotatable bonds is 1. The molecule has 0 heterocycles. The van der Waals surface area contributed by atoms with Crippen molar-refractivity contribution in [2.24, 2.45) is 29.6 Å². The van der Waals surface area contributed by atoms with E-state index in [9.17, 15) is 4.79 Å². The van der Waals surface area contributed by atoms with E-state index in [1.807, 2.05) is 0 Å². The summed E-state index contributed by atoms with van der Waals surface area (Å²) >= 11 is 0. The minimum Gasteiger partial charge on any atom is -0.303 e. The van der Waals surface area contributed by atoms with Crippen molar-refractivity contribution in [1.29, 1.82) is 0 Å². The summed E-state index contributed by atoms with van der Waals surface area (Å²) in [6.45, 7) is 0. The number of carbonyl (C=O) groups is 1. The molecule has 2 bridgehead atoms. The first-order chi connectivity index (χ1) is 5.42. The topological polar surface area (TPSA) is 17.1 Å². The van der Waals surface area contributed by atoms with Gasteiger partial charge in [0.25, 0.3) is 0 Å². The highest BCUT2D eigenvalue weighted by Crippen LogP contribution is 2.59. The molecule has 0 aromatic carbocycles. The second-order valence-corrected chi connectivity index (χ2v) is 3.79. The van der Waals surface area contributed by atoms with Crippen LogP contribution in [0, 0.1) is 29.6 Å². The van der Waals surface area contributed by atoms with Crippen molar-refractivity contribution < 1.29 is 4.79 Å². The van der Waals surface area contributed by atoms with Gasteiger partial charge in [0.05, 0.1) is 0 Å². The van der Waals surface area contributed by atoms with Crippen molar-refractivity contribution in [1.82, 2.24) is 0 Å². The Hall–Kier alpha value is -0.850. The van der Waals surface area contributed by atoms with Crippen LogP contribution in [0.15, 0.2) is 24.3 Å². The van der Waals surface area contributed by atoms with E-state index in [2.05, 4.69) is 24.3 Å². The van der Waals surface area contributed by atoms with E-state index >= 15 is 0 Å². The zero-order chi connectivity index (χ0) is 7.42. The first kappa shape index (κ1) is 5.76. The number of hydrogen-bond acceptors (Lipinski definition) is 1. The summed E-state index contributed by atoms with van der Waals surface area (Å²) in [5.41, 5.74) is 0. The van der Waals surface area contributed by atoms with Gasteiger partial charge in [0.15, 0.2) is 0 Å². The van der Waals surface area contributed by atoms with Gasteiger partial charge in [-0.1, -0.05) is 24.3 Å². The fourth-order valence-electron chi connectivity index (χ4n) is 2.68. The SMILES string of the molecule is O=CC1C2C=CC3C1[C@H]3C=C2. The molecular weight excluding hydrogens is 136 g/mol. The Morgan fingerprint density at radius 3 is 2.09 bits per heavy atom. The molecule has 4 unspecified atom stereocenters. The van der Waals surface area contributed by atoms with Gasteiger partial charge in [-0.2, -0.15) is 0 Å². The van der Waals surface area contributed by atoms with Crippen LogP contribution < -0.4 is 0 Å². The average Bonchev–Trinajstić information content (AvgIpc) is 2.78. The molecule has 0 spiro atoms. The van der Waals surface area contributed by atoms with Crippen LogP contribution in [0.3, 0.4) is 0 Å². The highest BCUT2D eigenvalue weighted by Gasteiger charge is 2.56. The average molecular weight is 146 g/mol. The Kier molecular flexibility index (Phi) is 0.867. The quantitative estimate of drug-likeness (QED) is 0.404. The van der Waals surface area contributed by atoms with Gasteiger partial charge in [0.1, 0.15) is 6.29 Å². The molecule has 3 aliphatic rings. The maximum Gasteiger partial charge on any atom is 0.124 e. The minimum atomic E-state index is 0.306. The first-order valence-corrected chi connectivity index (χ1v) is 4.24. The lowest BCUT2D eigenvalue weighted by Gasteiger charge is -2.21. The smallest absolute Gasteiger partial charge is 0.124 e. The number of hydrogen-bond donors (Lipinski definition) is 0. The molecule has 1 nitrogen and oxygen atoms in total. The van der Waals surface area contributed by atoms with E-state index < -0.39 is 0 Å². The Balaban J connectivity index is 2.09. The number of fused-ring (bicyclic) bond motifs is 2. The first-order valence-electron chi connectivity index (χ1n) is 4.24. The molecule has 0 amide bonds.